The summed E-state index contributed by atoms with van der Waals surface area (Å²) in [7, 11) is 0. The minimum atomic E-state index is -0.194. The number of hydrogen-bond donors (Lipinski definition) is 0. The third-order valence-electron chi connectivity index (χ3n) is 1.18. The first-order valence-corrected chi connectivity index (χ1v) is 4.09. The van der Waals surface area contributed by atoms with E-state index in [9.17, 15) is 4.79 Å². The molecule has 0 saturated carbocycles. The van der Waals surface area contributed by atoms with Gasteiger partial charge in [-0.1, -0.05) is 15.9 Å². The van der Waals surface area contributed by atoms with Crippen molar-refractivity contribution in [2.75, 3.05) is 5.88 Å². The molecule has 1 aliphatic heterocycles. The maximum atomic E-state index is 10.6. The van der Waals surface area contributed by atoms with E-state index in [4.69, 9.17) is 16.3 Å². The number of carbonyl (C=O) groups is 1. The summed E-state index contributed by atoms with van der Waals surface area (Å²) in [6, 6.07) is 0. The number of cyclic esters (lactones) is 1. The molecule has 0 radical (unpaired) electrons. The molecule has 2 nitrogen and oxygen atoms in total. The molecule has 0 N–H and O–H groups in total. The molecule has 0 aromatic carbocycles. The van der Waals surface area contributed by atoms with Crippen molar-refractivity contribution in [3.05, 3.63) is 0 Å². The summed E-state index contributed by atoms with van der Waals surface area (Å²) >= 11 is 8.59. The van der Waals surface area contributed by atoms with Crippen LogP contribution in [0.25, 0.3) is 0 Å². The largest absolute Gasteiger partial charge is 0.460 e. The molecule has 9 heavy (non-hydrogen) atoms. The first-order chi connectivity index (χ1) is 4.24. The van der Waals surface area contributed by atoms with E-state index < -0.39 is 0 Å². The molecular formula is C5H6BrClO2. The van der Waals surface area contributed by atoms with Crippen LogP contribution in [0.5, 0.6) is 0 Å². The molecular weight excluding hydrogens is 207 g/mol. The van der Waals surface area contributed by atoms with E-state index in [1.54, 1.807) is 0 Å². The number of carbonyl (C=O) groups excluding carboxylic acids is 1. The molecule has 2 unspecified atom stereocenters. The van der Waals surface area contributed by atoms with E-state index in [0.29, 0.717) is 12.3 Å². The van der Waals surface area contributed by atoms with Crippen LogP contribution in [0.4, 0.5) is 0 Å². The lowest BCUT2D eigenvalue weighted by Crippen LogP contribution is -2.07. The highest BCUT2D eigenvalue weighted by Gasteiger charge is 2.31. The number of rotatable bonds is 1. The van der Waals surface area contributed by atoms with Gasteiger partial charge in [-0.15, -0.1) is 11.6 Å². The molecule has 1 rings (SSSR count). The van der Waals surface area contributed by atoms with E-state index in [1.807, 2.05) is 0 Å². The van der Waals surface area contributed by atoms with Gasteiger partial charge < -0.3 is 4.74 Å². The van der Waals surface area contributed by atoms with E-state index >= 15 is 0 Å². The fourth-order valence-corrected chi connectivity index (χ4v) is 1.42. The Labute approximate surface area is 66.6 Å². The fourth-order valence-electron chi connectivity index (χ4n) is 0.708. The Morgan fingerprint density at radius 2 is 2.56 bits per heavy atom. The SMILES string of the molecule is O=C1OC(CCl)CC1Br. The van der Waals surface area contributed by atoms with E-state index in [2.05, 4.69) is 15.9 Å². The second kappa shape index (κ2) is 2.88. The lowest BCUT2D eigenvalue weighted by atomic mass is 10.3. The lowest BCUT2D eigenvalue weighted by molar-refractivity contribution is -0.140. The van der Waals surface area contributed by atoms with Gasteiger partial charge in [0.15, 0.2) is 0 Å². The van der Waals surface area contributed by atoms with Crippen molar-refractivity contribution >= 4 is 33.5 Å². The van der Waals surface area contributed by atoms with Crippen molar-refractivity contribution in [1.29, 1.82) is 0 Å². The minimum absolute atomic E-state index is 0.0801. The molecule has 2 atom stereocenters. The highest BCUT2D eigenvalue weighted by atomic mass is 79.9. The molecule has 1 heterocycles. The lowest BCUT2D eigenvalue weighted by Gasteiger charge is -2.00. The second-order valence-electron chi connectivity index (χ2n) is 1.92. The van der Waals surface area contributed by atoms with Crippen LogP contribution in [0.2, 0.25) is 0 Å². The summed E-state index contributed by atoms with van der Waals surface area (Å²) in [6.07, 6.45) is 0.617. The standard InChI is InChI=1S/C5H6BrClO2/c6-4-1-3(2-7)9-5(4)8/h3-4H,1-2H2. The van der Waals surface area contributed by atoms with Crippen LogP contribution >= 0.6 is 27.5 Å². The Balaban J connectivity index is 2.44. The number of halogens is 2. The van der Waals surface area contributed by atoms with Gasteiger partial charge in [0, 0.05) is 6.42 Å². The smallest absolute Gasteiger partial charge is 0.320 e. The number of esters is 1. The van der Waals surface area contributed by atoms with E-state index in [1.165, 1.54) is 0 Å². The van der Waals surface area contributed by atoms with Crippen LogP contribution in [-0.4, -0.2) is 22.8 Å². The molecule has 0 spiro atoms. The Morgan fingerprint density at radius 3 is 2.78 bits per heavy atom. The predicted octanol–water partition coefficient (Wildman–Crippen LogP) is 1.30. The topological polar surface area (TPSA) is 26.3 Å². The van der Waals surface area contributed by atoms with Crippen molar-refractivity contribution in [2.24, 2.45) is 0 Å². The fraction of sp³-hybridized carbons (Fsp3) is 0.800. The highest BCUT2D eigenvalue weighted by Crippen LogP contribution is 2.21. The highest BCUT2D eigenvalue weighted by molar-refractivity contribution is 9.10. The van der Waals surface area contributed by atoms with Gasteiger partial charge in [-0.2, -0.15) is 0 Å². The third-order valence-corrected chi connectivity index (χ3v) is 2.27. The Bertz CT molecular complexity index is 128. The van der Waals surface area contributed by atoms with E-state index in [0.717, 1.165) is 0 Å². The van der Waals surface area contributed by atoms with Gasteiger partial charge in [-0.05, 0) is 0 Å². The first-order valence-electron chi connectivity index (χ1n) is 2.64. The summed E-state index contributed by atoms with van der Waals surface area (Å²) in [5.74, 6) is 0.203. The van der Waals surface area contributed by atoms with Crippen molar-refractivity contribution in [3.8, 4) is 0 Å². The zero-order chi connectivity index (χ0) is 6.85. The summed E-state index contributed by atoms with van der Waals surface area (Å²) < 4.78 is 4.80. The third kappa shape index (κ3) is 1.58. The molecule has 52 valence electrons. The molecule has 0 amide bonds. The predicted molar refractivity (Wildman–Crippen MR) is 37.9 cm³/mol. The Morgan fingerprint density at radius 1 is 1.89 bits per heavy atom. The van der Waals surface area contributed by atoms with Crippen molar-refractivity contribution in [1.82, 2.24) is 0 Å². The molecule has 1 aliphatic rings. The second-order valence-corrected chi connectivity index (χ2v) is 3.33. The zero-order valence-corrected chi connectivity index (χ0v) is 6.98. The average Bonchev–Trinajstić information content (AvgIpc) is 2.13. The summed E-state index contributed by atoms with van der Waals surface area (Å²) in [6.45, 7) is 0. The number of alkyl halides is 2. The monoisotopic (exact) mass is 212 g/mol. The molecule has 4 heteroatoms. The maximum absolute atomic E-state index is 10.6. The van der Waals surface area contributed by atoms with Crippen molar-refractivity contribution in [2.45, 2.75) is 17.4 Å². The zero-order valence-electron chi connectivity index (χ0n) is 4.64. The molecule has 0 bridgehead atoms. The van der Waals surface area contributed by atoms with Crippen LogP contribution in [0.3, 0.4) is 0 Å². The van der Waals surface area contributed by atoms with Gasteiger partial charge in [-0.3, -0.25) is 4.79 Å². The van der Waals surface area contributed by atoms with Crippen LogP contribution in [0.15, 0.2) is 0 Å². The Hall–Kier alpha value is 0.240. The summed E-state index contributed by atoms with van der Waals surface area (Å²) in [4.78, 5) is 10.5. The minimum Gasteiger partial charge on any atom is -0.460 e. The quantitative estimate of drug-likeness (QED) is 0.485. The van der Waals surface area contributed by atoms with Crippen molar-refractivity contribution in [3.63, 3.8) is 0 Å². The van der Waals surface area contributed by atoms with Crippen molar-refractivity contribution < 1.29 is 9.53 Å². The number of hydrogen-bond acceptors (Lipinski definition) is 2. The van der Waals surface area contributed by atoms with Gasteiger partial charge >= 0.3 is 5.97 Å². The Kier molecular flexibility index (Phi) is 2.35. The average molecular weight is 213 g/mol. The van der Waals surface area contributed by atoms with Gasteiger partial charge in [0.1, 0.15) is 10.9 Å². The van der Waals surface area contributed by atoms with Gasteiger partial charge in [0.25, 0.3) is 0 Å². The molecule has 1 fully saturated rings. The van der Waals surface area contributed by atoms with Crippen LogP contribution in [0, 0.1) is 0 Å². The van der Waals surface area contributed by atoms with Crippen LogP contribution in [-0.2, 0) is 9.53 Å². The molecule has 1 saturated heterocycles. The van der Waals surface area contributed by atoms with Crippen LogP contribution < -0.4 is 0 Å². The van der Waals surface area contributed by atoms with Gasteiger partial charge in [-0.25, -0.2) is 0 Å². The van der Waals surface area contributed by atoms with Gasteiger partial charge in [0.2, 0.25) is 0 Å². The number of ether oxygens (including phenoxy) is 1. The van der Waals surface area contributed by atoms with E-state index in [-0.39, 0.29) is 16.9 Å². The normalized spacial score (nSPS) is 34.7. The molecule has 0 aromatic rings. The van der Waals surface area contributed by atoms with Crippen LogP contribution in [0.1, 0.15) is 6.42 Å². The summed E-state index contributed by atoms with van der Waals surface area (Å²) in [5, 5.41) is 0. The first kappa shape index (κ1) is 7.35. The summed E-state index contributed by atoms with van der Waals surface area (Å²) in [5.41, 5.74) is 0. The molecule has 0 aromatic heterocycles. The maximum Gasteiger partial charge on any atom is 0.320 e. The van der Waals surface area contributed by atoms with Gasteiger partial charge in [0.05, 0.1) is 5.88 Å². The molecule has 0 aliphatic carbocycles.